The highest BCUT2D eigenvalue weighted by atomic mass is 16.4. The van der Waals surface area contributed by atoms with Crippen LogP contribution < -0.4 is 65.5 Å². The summed E-state index contributed by atoms with van der Waals surface area (Å²) < 4.78 is 0. The number of hydrogen-bond donors (Lipinski definition) is 17. The van der Waals surface area contributed by atoms with Gasteiger partial charge in [0.05, 0.1) is 78.8 Å². The molecule has 4 unspecified atom stereocenters. The molecule has 11 amide bonds. The molecule has 3 heterocycles. The fourth-order valence-corrected chi connectivity index (χ4v) is 19.5. The topological polar surface area (TPSA) is 693 Å². The van der Waals surface area contributed by atoms with E-state index in [9.17, 15) is 126 Å². The summed E-state index contributed by atoms with van der Waals surface area (Å²) in [7, 11) is 0. The van der Waals surface area contributed by atoms with Gasteiger partial charge in [0.15, 0.2) is 40.5 Å². The maximum atomic E-state index is 15.1. The number of fused-ring (bicyclic) bond motifs is 3. The molecule has 3 aliphatic heterocycles. The van der Waals surface area contributed by atoms with Crippen molar-refractivity contribution in [3.05, 3.63) is 72.0 Å². The molecule has 2 fully saturated rings. The number of nitrogens with zero attached hydrogens (tertiary/aromatic N) is 2. The summed E-state index contributed by atoms with van der Waals surface area (Å²) in [5.41, 5.74) is 22.5. The van der Waals surface area contributed by atoms with Gasteiger partial charge >= 0.3 is 17.9 Å². The van der Waals surface area contributed by atoms with Crippen molar-refractivity contribution in [1.29, 1.82) is 0 Å². The lowest BCUT2D eigenvalue weighted by Crippen LogP contribution is -2.55. The van der Waals surface area contributed by atoms with Crippen molar-refractivity contribution in [3.8, 4) is 0 Å². The van der Waals surface area contributed by atoms with E-state index < -0.39 is 290 Å². The number of aliphatic hydroxyl groups is 2. The summed E-state index contributed by atoms with van der Waals surface area (Å²) in [5, 5.41) is 71.1. The zero-order valence-corrected chi connectivity index (χ0v) is 89.8. The van der Waals surface area contributed by atoms with Gasteiger partial charge in [-0.1, -0.05) is 156 Å². The lowest BCUT2D eigenvalue weighted by atomic mass is 9.81. The molecule has 41 nitrogen and oxygen atoms in total. The van der Waals surface area contributed by atoms with Crippen LogP contribution in [0.15, 0.2) is 71.4 Å². The molecule has 41 heteroatoms. The van der Waals surface area contributed by atoms with Crippen LogP contribution in [0.5, 0.6) is 0 Å². The number of aliphatic carboxylic acids is 3. The highest BCUT2D eigenvalue weighted by Crippen LogP contribution is 2.34. The molecule has 0 radical (unpaired) electrons. The third kappa shape index (κ3) is 47.2. The van der Waals surface area contributed by atoms with Gasteiger partial charge in [-0.3, -0.25) is 111 Å². The van der Waals surface area contributed by atoms with Crippen LogP contribution in [0, 0.1) is 76.9 Å². The molecule has 836 valence electrons. The first kappa shape index (κ1) is 130. The van der Waals surface area contributed by atoms with E-state index in [0.717, 1.165) is 43.4 Å². The number of aliphatic imine (C=N–C) groups is 1. The smallest absolute Gasteiger partial charge is 0.305 e. The minimum atomic E-state index is -1.69. The zero-order valence-electron chi connectivity index (χ0n) is 89.8. The van der Waals surface area contributed by atoms with Crippen molar-refractivity contribution in [2.24, 2.45) is 105 Å². The van der Waals surface area contributed by atoms with Gasteiger partial charge in [0.2, 0.25) is 65.0 Å². The predicted molar refractivity (Wildman–Crippen MR) is 558 cm³/mol. The SMILES string of the molecule is CC(C)C[C@@H]1CC(=O)[C@H](CC(=O)O)NC(=O)[C@H]2CCN(CCCCCCCCC[C@@](C)(C(=O)C[C@@H](CCC(=O)O)C(=O)N[C@@H](CC(N)=O)C(N)=O)NC(=O)[C@H](CC(C)C)CC(=O)[C@H](CC(C)C)NC(=O)[C@H](CCCCN)CC(=O)[C@H](CC3=CN=C4C=CC=CC34)NC1=O)C2C.CCC(=O)[C@H](Cc1ccccc1)NC(=O)[C@@H](CC(=O)[C@H](CCC(=O)O)NC(=O)[C@H](CCC(N)=O)CC(=O)[C@H](CO)NC(=O)[C@@H](CC(C)=O)CC(C)C)C(C)O. The van der Waals surface area contributed by atoms with Gasteiger partial charge in [-0.2, -0.15) is 0 Å². The van der Waals surface area contributed by atoms with E-state index in [1.54, 1.807) is 43.5 Å². The molecule has 1 aliphatic carbocycles. The maximum Gasteiger partial charge on any atom is 0.305 e. The number of aliphatic hydroxyl groups excluding tert-OH is 2. The van der Waals surface area contributed by atoms with Crippen molar-refractivity contribution in [1.82, 2.24) is 47.4 Å². The summed E-state index contributed by atoms with van der Waals surface area (Å²) in [6.07, 6.45) is 8.31. The number of carbonyl (C=O) groups is 22. The Balaban J connectivity index is 0.000000722. The van der Waals surface area contributed by atoms with E-state index in [2.05, 4.69) is 52.4 Å². The Hall–Kier alpha value is -12.1. The molecule has 150 heavy (non-hydrogen) atoms. The van der Waals surface area contributed by atoms with E-state index in [4.69, 9.17) is 22.9 Å². The molecule has 2 saturated heterocycles. The number of hydrogen-bond acceptors (Lipinski definition) is 27. The summed E-state index contributed by atoms with van der Waals surface area (Å²) in [4.78, 5) is 302. The second-order valence-corrected chi connectivity index (χ2v) is 42.8. The van der Waals surface area contributed by atoms with Crippen molar-refractivity contribution in [3.63, 3.8) is 0 Å². The standard InChI is InChI=1S/C70H110N10O15.C39H58N4O12/c1-41(2)30-47-35-59(83)55(39-63(88)89)77-69(95)50-25-29-80(44(50)7)28-19-13-11-9-10-12-17-26-70(8,60(84)37-46(23-24-62(86)87)66(92)78-56(64(73)90)38-61(72)85)79-68(94)48(31-42(3)4)36-58(82)53(32-43(5)6)75-65(91)45(20-16-18-27-71)34-57(81)54(76-67(47)93)33-49-40-74-52-22-15-14-21-51(49)52;1-6-32(47)30(18-25-10-8-7-9-11-25)42-39(55)28(24(5)46)20-34(49)29(13-15-36(51)52)41-37(53)26(12-14-35(40)50)19-33(48)31(21-44)43-38(54)27(16-22(2)3)17-23(4)45/h14-15,21-22,40-48,50-51,53-56H,9-13,16-20,23-39,71H2,1-8H3,(H2,72,85)(H2,73,90)(H,75,91)(H,76,93)(H,77,95)(H,78,92)(H,79,94)(H,86,87)(H,88,89);7-11,22,24,26-31,44,46H,6,12-21H2,1-5H3,(H2,40,50)(H,41,53)(H,42,55)(H,43,54)(H,51,52)/t44?,45-,46-,47-,48-,50+,51?,53+,54+,55+,56+,70+;24?,26-,27-,28+,29+,30+,31+/m11/s1. The normalized spacial score (nSPS) is 22.9. The van der Waals surface area contributed by atoms with Gasteiger partial charge in [-0.05, 0) is 178 Å². The average Bonchev–Trinajstić information content (AvgIpc) is 1.68. The summed E-state index contributed by atoms with van der Waals surface area (Å²) in [6.45, 7) is 23.3. The number of nitrogens with two attached hydrogens (primary N) is 4. The van der Waals surface area contributed by atoms with Gasteiger partial charge in [-0.25, -0.2) is 0 Å². The van der Waals surface area contributed by atoms with Crippen molar-refractivity contribution in [2.75, 3.05) is 26.2 Å². The van der Waals surface area contributed by atoms with Crippen LogP contribution >= 0.6 is 0 Å². The predicted octanol–water partition coefficient (Wildman–Crippen LogP) is 6.34. The molecule has 4 aliphatic rings. The minimum absolute atomic E-state index is 0.0248. The fraction of sp³-hybridized carbons (Fsp3) is 0.679. The van der Waals surface area contributed by atoms with Gasteiger partial charge in [-0.15, -0.1) is 0 Å². The second-order valence-electron chi connectivity index (χ2n) is 42.8. The molecule has 0 aromatic heterocycles. The number of ketones is 8. The molecule has 1 aromatic carbocycles. The average molecular weight is 2110 g/mol. The first-order valence-corrected chi connectivity index (χ1v) is 53.1. The molecule has 0 saturated carbocycles. The van der Waals surface area contributed by atoms with Crippen LogP contribution in [-0.4, -0.2) is 252 Å². The number of nitrogens with one attached hydrogen (secondary N) is 8. The highest BCUT2D eigenvalue weighted by molar-refractivity contribution is 6.05. The second kappa shape index (κ2) is 66.6. The largest absolute Gasteiger partial charge is 0.481 e. The Morgan fingerprint density at radius 2 is 1.06 bits per heavy atom. The van der Waals surface area contributed by atoms with Crippen LogP contribution in [0.1, 0.15) is 307 Å². The van der Waals surface area contributed by atoms with E-state index >= 15 is 4.79 Å². The Labute approximate surface area is 880 Å². The summed E-state index contributed by atoms with van der Waals surface area (Å²) in [6, 6.07) is -0.723. The van der Waals surface area contributed by atoms with Crippen molar-refractivity contribution >= 4 is 135 Å². The number of benzene rings is 1. The molecule has 2 bridgehead atoms. The number of allylic oxidation sites excluding steroid dienone is 4. The van der Waals surface area contributed by atoms with Gasteiger partial charge < -0.3 is 95.8 Å². The lowest BCUT2D eigenvalue weighted by Gasteiger charge is -2.33. The highest BCUT2D eigenvalue weighted by Gasteiger charge is 2.45. The number of carbonyl (C=O) groups excluding carboxylic acids is 19. The number of rotatable bonds is 53. The monoisotopic (exact) mass is 2110 g/mol. The summed E-state index contributed by atoms with van der Waals surface area (Å²) in [5.74, 6) is -26.2. The number of unbranched alkanes of at least 4 members (excludes halogenated alkanes) is 1. The quantitative estimate of drug-likeness (QED) is 0.0316. The molecule has 0 spiro atoms. The van der Waals surface area contributed by atoms with E-state index in [-0.39, 0.29) is 137 Å². The third-order valence-electron chi connectivity index (χ3n) is 28.0. The number of carboxylic acids is 3. The minimum Gasteiger partial charge on any atom is -0.481 e. The first-order valence-electron chi connectivity index (χ1n) is 53.1. The molecule has 21 N–H and O–H groups in total. The Bertz CT molecular complexity index is 4910. The third-order valence-corrected chi connectivity index (χ3v) is 28.0. The van der Waals surface area contributed by atoms with Crippen LogP contribution in [0.2, 0.25) is 0 Å². The molecule has 5 rings (SSSR count). The van der Waals surface area contributed by atoms with Gasteiger partial charge in [0.1, 0.15) is 17.9 Å². The lowest BCUT2D eigenvalue weighted by molar-refractivity contribution is -0.141. The maximum absolute atomic E-state index is 15.1. The number of Topliss-reactive ketones (excluding diaryl/α,β-unsaturated/α-hetero) is 8. The van der Waals surface area contributed by atoms with Crippen LogP contribution in [0.4, 0.5) is 0 Å². The molecule has 1 aromatic rings. The van der Waals surface area contributed by atoms with Crippen LogP contribution in [-0.2, 0) is 112 Å². The molecular formula is C109H168N14O27. The van der Waals surface area contributed by atoms with E-state index in [0.29, 0.717) is 57.2 Å². The molecule has 20 atom stereocenters. The Morgan fingerprint density at radius 1 is 0.533 bits per heavy atom. The summed E-state index contributed by atoms with van der Waals surface area (Å²) >= 11 is 0. The van der Waals surface area contributed by atoms with Crippen LogP contribution in [0.25, 0.3) is 0 Å². The zero-order chi connectivity index (χ0) is 113. The van der Waals surface area contributed by atoms with E-state index in [1.807, 2.05) is 86.6 Å². The number of primary amides is 3. The van der Waals surface area contributed by atoms with E-state index in [1.165, 1.54) is 20.8 Å². The number of carboxylic acid groups (broad SMARTS) is 3. The van der Waals surface area contributed by atoms with Gasteiger partial charge in [0.25, 0.3) is 0 Å². The Morgan fingerprint density at radius 3 is 1.62 bits per heavy atom. The van der Waals surface area contributed by atoms with Crippen LogP contribution in [0.3, 0.4) is 0 Å². The van der Waals surface area contributed by atoms with Gasteiger partial charge in [0, 0.05) is 124 Å². The number of amides is 11. The Kier molecular flexibility index (Phi) is 57.8. The fourth-order valence-electron chi connectivity index (χ4n) is 19.5. The molecular weight excluding hydrogens is 1940 g/mol. The van der Waals surface area contributed by atoms with Crippen molar-refractivity contribution < 1.29 is 131 Å². The van der Waals surface area contributed by atoms with Crippen molar-refractivity contribution in [2.45, 2.75) is 368 Å². The first-order chi connectivity index (χ1) is 70.6.